The van der Waals surface area contributed by atoms with Gasteiger partial charge < -0.3 is 19.7 Å². The first-order valence-electron chi connectivity index (χ1n) is 10.8. The van der Waals surface area contributed by atoms with Crippen LogP contribution in [0.15, 0.2) is 29.4 Å². The molecular formula is C21H33IN6O2. The maximum Gasteiger partial charge on any atom is 0.193 e. The van der Waals surface area contributed by atoms with Gasteiger partial charge in [-0.15, -0.1) is 34.2 Å². The highest BCUT2D eigenvalue weighted by Gasteiger charge is 2.24. The van der Waals surface area contributed by atoms with Crippen molar-refractivity contribution in [1.82, 2.24) is 24.8 Å². The van der Waals surface area contributed by atoms with Gasteiger partial charge in [-0.2, -0.15) is 0 Å². The molecule has 2 aromatic heterocycles. The monoisotopic (exact) mass is 528 g/mol. The molecule has 2 aliphatic heterocycles. The van der Waals surface area contributed by atoms with Crippen molar-refractivity contribution in [3.63, 3.8) is 0 Å². The maximum absolute atomic E-state index is 6.08. The zero-order valence-corrected chi connectivity index (χ0v) is 20.0. The lowest BCUT2D eigenvalue weighted by Gasteiger charge is -2.34. The van der Waals surface area contributed by atoms with Gasteiger partial charge in [0, 0.05) is 45.9 Å². The van der Waals surface area contributed by atoms with E-state index < -0.39 is 0 Å². The van der Waals surface area contributed by atoms with Gasteiger partial charge in [0.2, 0.25) is 0 Å². The summed E-state index contributed by atoms with van der Waals surface area (Å²) < 4.78 is 13.8. The molecule has 1 unspecified atom stereocenters. The lowest BCUT2D eigenvalue weighted by molar-refractivity contribution is -0.0367. The molecule has 1 N–H and O–H groups in total. The highest BCUT2D eigenvalue weighted by molar-refractivity contribution is 14.0. The zero-order chi connectivity index (χ0) is 19.9. The molecule has 0 saturated carbocycles. The lowest BCUT2D eigenvalue weighted by atomic mass is 10.1. The fourth-order valence-corrected chi connectivity index (χ4v) is 4.09. The number of nitrogens with one attached hydrogen (secondary N) is 1. The molecule has 2 aromatic rings. The number of piperidine rings is 1. The molecule has 0 bridgehead atoms. The molecule has 4 rings (SSSR count). The summed E-state index contributed by atoms with van der Waals surface area (Å²) in [6.45, 7) is 4.45. The molecule has 8 nitrogen and oxygen atoms in total. The van der Waals surface area contributed by atoms with Crippen molar-refractivity contribution >= 4 is 35.6 Å². The van der Waals surface area contributed by atoms with Crippen molar-refractivity contribution in [1.29, 1.82) is 0 Å². The van der Waals surface area contributed by atoms with Crippen LogP contribution in [0, 0.1) is 0 Å². The number of nitrogens with zero attached hydrogens (tertiary/aromatic N) is 5. The van der Waals surface area contributed by atoms with Gasteiger partial charge in [-0.3, -0.25) is 9.39 Å². The molecule has 0 aromatic carbocycles. The van der Waals surface area contributed by atoms with Crippen LogP contribution in [-0.4, -0.2) is 77.6 Å². The molecule has 4 heterocycles. The Labute approximate surface area is 195 Å². The average Bonchev–Trinajstić information content (AvgIpc) is 3.43. The Hall–Kier alpha value is -1.46. The van der Waals surface area contributed by atoms with Crippen LogP contribution in [0.1, 0.15) is 37.9 Å². The Kier molecular flexibility index (Phi) is 9.13. The Morgan fingerprint density at radius 2 is 2.13 bits per heavy atom. The summed E-state index contributed by atoms with van der Waals surface area (Å²) in [4.78, 5) is 6.80. The number of aromatic nitrogens is 3. The van der Waals surface area contributed by atoms with Gasteiger partial charge in [0.25, 0.3) is 0 Å². The number of ether oxygens (including phenoxy) is 2. The summed E-state index contributed by atoms with van der Waals surface area (Å²) >= 11 is 0. The summed E-state index contributed by atoms with van der Waals surface area (Å²) in [7, 11) is 1.86. The van der Waals surface area contributed by atoms with E-state index in [0.29, 0.717) is 12.2 Å². The number of likely N-dealkylation sites (tertiary alicyclic amines) is 1. The van der Waals surface area contributed by atoms with Crippen molar-refractivity contribution in [3.8, 4) is 0 Å². The highest BCUT2D eigenvalue weighted by atomic mass is 127. The number of fused-ring (bicyclic) bond motifs is 1. The topological polar surface area (TPSA) is 76.3 Å². The van der Waals surface area contributed by atoms with Crippen LogP contribution < -0.4 is 5.32 Å². The molecule has 0 spiro atoms. The van der Waals surface area contributed by atoms with Gasteiger partial charge in [-0.05, 0) is 44.2 Å². The van der Waals surface area contributed by atoms with E-state index in [1.165, 1.54) is 6.42 Å². The Bertz CT molecular complexity index is 800. The van der Waals surface area contributed by atoms with E-state index in [1.807, 2.05) is 31.4 Å². The number of aryl methyl sites for hydroxylation is 1. The van der Waals surface area contributed by atoms with E-state index in [2.05, 4.69) is 29.8 Å². The molecule has 0 amide bonds. The number of guanidine groups is 1. The van der Waals surface area contributed by atoms with Crippen LogP contribution in [0.3, 0.4) is 0 Å². The van der Waals surface area contributed by atoms with E-state index in [1.54, 1.807) is 0 Å². The molecule has 2 aliphatic rings. The summed E-state index contributed by atoms with van der Waals surface area (Å²) in [5, 5.41) is 12.0. The second-order valence-electron chi connectivity index (χ2n) is 7.78. The van der Waals surface area contributed by atoms with Crippen LogP contribution in [0.2, 0.25) is 0 Å². The van der Waals surface area contributed by atoms with Gasteiger partial charge in [0.15, 0.2) is 11.6 Å². The van der Waals surface area contributed by atoms with Crippen LogP contribution in [0.5, 0.6) is 0 Å². The minimum Gasteiger partial charge on any atom is -0.376 e. The smallest absolute Gasteiger partial charge is 0.193 e. The highest BCUT2D eigenvalue weighted by Crippen LogP contribution is 2.17. The predicted octanol–water partition coefficient (Wildman–Crippen LogP) is 2.52. The summed E-state index contributed by atoms with van der Waals surface area (Å²) in [5.41, 5.74) is 0.899. The van der Waals surface area contributed by atoms with Gasteiger partial charge in [-0.25, -0.2) is 0 Å². The first kappa shape index (κ1) is 23.2. The number of halogens is 1. The second kappa shape index (κ2) is 11.8. The summed E-state index contributed by atoms with van der Waals surface area (Å²) in [5.74, 6) is 1.98. The number of hydrogen-bond donors (Lipinski definition) is 1. The molecule has 0 radical (unpaired) electrons. The predicted molar refractivity (Wildman–Crippen MR) is 128 cm³/mol. The summed E-state index contributed by atoms with van der Waals surface area (Å²) in [6, 6.07) is 5.97. The van der Waals surface area contributed by atoms with Gasteiger partial charge in [0.1, 0.15) is 5.82 Å². The average molecular weight is 528 g/mol. The SMILES string of the molecule is CN=C(NCCCc1nnc2ccccn12)N1CCC(OCC2CCCO2)CC1.I. The number of rotatable bonds is 7. The minimum atomic E-state index is 0. The largest absolute Gasteiger partial charge is 0.376 e. The minimum absolute atomic E-state index is 0. The van der Waals surface area contributed by atoms with E-state index in [4.69, 9.17) is 9.47 Å². The fourth-order valence-electron chi connectivity index (χ4n) is 4.09. The lowest BCUT2D eigenvalue weighted by Crippen LogP contribution is -2.47. The van der Waals surface area contributed by atoms with Crippen LogP contribution in [-0.2, 0) is 15.9 Å². The van der Waals surface area contributed by atoms with Gasteiger partial charge in [-0.1, -0.05) is 6.07 Å². The quantitative estimate of drug-likeness (QED) is 0.258. The Morgan fingerprint density at radius 3 is 2.90 bits per heavy atom. The number of aliphatic imine (C=N–C) groups is 1. The van der Waals surface area contributed by atoms with Gasteiger partial charge >= 0.3 is 0 Å². The normalized spacial score (nSPS) is 20.5. The molecule has 0 aliphatic carbocycles. The van der Waals surface area contributed by atoms with Crippen molar-refractivity contribution in [2.75, 3.05) is 39.9 Å². The van der Waals surface area contributed by atoms with Crippen molar-refractivity contribution in [2.45, 2.75) is 50.7 Å². The first-order valence-corrected chi connectivity index (χ1v) is 10.8. The van der Waals surface area contributed by atoms with Crippen LogP contribution in [0.25, 0.3) is 5.65 Å². The van der Waals surface area contributed by atoms with Gasteiger partial charge in [0.05, 0.1) is 18.8 Å². The maximum atomic E-state index is 6.08. The molecule has 2 saturated heterocycles. The Balaban J connectivity index is 0.00000256. The van der Waals surface area contributed by atoms with E-state index >= 15 is 0 Å². The zero-order valence-electron chi connectivity index (χ0n) is 17.7. The number of hydrogen-bond acceptors (Lipinski definition) is 5. The molecule has 2 fully saturated rings. The fraction of sp³-hybridized carbons (Fsp3) is 0.667. The molecule has 1 atom stereocenters. The van der Waals surface area contributed by atoms with Crippen molar-refractivity contribution in [2.24, 2.45) is 4.99 Å². The van der Waals surface area contributed by atoms with E-state index in [9.17, 15) is 0 Å². The summed E-state index contributed by atoms with van der Waals surface area (Å²) in [6.07, 6.45) is 8.92. The van der Waals surface area contributed by atoms with E-state index in [0.717, 1.165) is 82.4 Å². The third kappa shape index (κ3) is 6.04. The third-order valence-corrected chi connectivity index (χ3v) is 5.74. The van der Waals surface area contributed by atoms with E-state index in [-0.39, 0.29) is 24.0 Å². The van der Waals surface area contributed by atoms with Crippen molar-refractivity contribution < 1.29 is 9.47 Å². The molecule has 9 heteroatoms. The second-order valence-corrected chi connectivity index (χ2v) is 7.78. The first-order chi connectivity index (χ1) is 14.3. The van der Waals surface area contributed by atoms with Crippen molar-refractivity contribution in [3.05, 3.63) is 30.2 Å². The molecule has 166 valence electrons. The Morgan fingerprint density at radius 1 is 1.27 bits per heavy atom. The number of pyridine rings is 1. The third-order valence-electron chi connectivity index (χ3n) is 5.74. The van der Waals surface area contributed by atoms with Crippen LogP contribution >= 0.6 is 24.0 Å². The van der Waals surface area contributed by atoms with Crippen LogP contribution in [0.4, 0.5) is 0 Å². The molecular weight excluding hydrogens is 495 g/mol. The molecule has 30 heavy (non-hydrogen) atoms. The standard InChI is InChI=1S/C21H32N6O2.HI/c1-22-21(23-11-4-8-20-25-24-19-7-2-3-12-27(19)20)26-13-9-17(10-14-26)29-16-18-6-5-15-28-18;/h2-3,7,12,17-18H,4-6,8-11,13-16H2,1H3,(H,22,23);1H.